The van der Waals surface area contributed by atoms with Crippen LogP contribution < -0.4 is 5.32 Å². The van der Waals surface area contributed by atoms with E-state index in [4.69, 9.17) is 4.42 Å². The van der Waals surface area contributed by atoms with E-state index in [1.165, 1.54) is 25.9 Å². The molecule has 24 heavy (non-hydrogen) atoms. The molecule has 3 fully saturated rings. The summed E-state index contributed by atoms with van der Waals surface area (Å²) in [5, 5.41) is 5.16. The molecule has 1 aromatic carbocycles. The van der Waals surface area contributed by atoms with Gasteiger partial charge in [-0.1, -0.05) is 18.2 Å². The summed E-state index contributed by atoms with van der Waals surface area (Å²) in [6.07, 6.45) is 4.02. The molecule has 5 heterocycles. The van der Waals surface area contributed by atoms with E-state index < -0.39 is 0 Å². The Hall–Kier alpha value is -2.40. The summed E-state index contributed by atoms with van der Waals surface area (Å²) in [6.45, 7) is 3.30. The number of hydrogen-bond acceptors (Lipinski definition) is 4. The number of pyridine rings is 1. The van der Waals surface area contributed by atoms with Crippen LogP contribution in [0.15, 0.2) is 40.9 Å². The van der Waals surface area contributed by atoms with Gasteiger partial charge in [0.15, 0.2) is 5.58 Å². The zero-order valence-electron chi connectivity index (χ0n) is 13.4. The van der Waals surface area contributed by atoms with Gasteiger partial charge in [0.05, 0.1) is 6.20 Å². The van der Waals surface area contributed by atoms with Gasteiger partial charge in [0.1, 0.15) is 11.3 Å². The molecule has 2 aromatic heterocycles. The molecule has 0 unspecified atom stereocenters. The number of nitrogens with zero attached hydrogens (tertiary/aromatic N) is 2. The molecule has 3 saturated heterocycles. The summed E-state index contributed by atoms with van der Waals surface area (Å²) in [5.41, 5.74) is 2.00. The molecular weight excluding hydrogens is 302 g/mol. The monoisotopic (exact) mass is 321 g/mol. The van der Waals surface area contributed by atoms with Gasteiger partial charge in [0.25, 0.3) is 5.91 Å². The molecule has 0 saturated carbocycles. The number of benzene rings is 1. The number of aromatic nitrogens is 1. The molecule has 1 atom stereocenters. The van der Waals surface area contributed by atoms with Crippen molar-refractivity contribution in [3.8, 4) is 0 Å². The summed E-state index contributed by atoms with van der Waals surface area (Å²) in [4.78, 5) is 19.4. The quantitative estimate of drug-likeness (QED) is 0.788. The average Bonchev–Trinajstić information content (AvgIpc) is 3.00. The summed E-state index contributed by atoms with van der Waals surface area (Å²) >= 11 is 0. The first kappa shape index (κ1) is 14.0. The number of rotatable bonds is 2. The van der Waals surface area contributed by atoms with Gasteiger partial charge in [-0.15, -0.1) is 0 Å². The molecule has 6 rings (SSSR count). The number of amides is 1. The number of piperidine rings is 3. The lowest BCUT2D eigenvalue weighted by Gasteiger charge is -2.44. The Balaban J connectivity index is 1.45. The van der Waals surface area contributed by atoms with E-state index in [2.05, 4.69) is 15.2 Å². The van der Waals surface area contributed by atoms with Gasteiger partial charge in [0.2, 0.25) is 0 Å². The van der Waals surface area contributed by atoms with Crippen LogP contribution in [-0.2, 0) is 0 Å². The fraction of sp³-hybridized carbons (Fsp3) is 0.368. The van der Waals surface area contributed by atoms with Crippen LogP contribution in [0.25, 0.3) is 21.9 Å². The van der Waals surface area contributed by atoms with Crippen molar-refractivity contribution >= 4 is 27.8 Å². The molecular formula is C19H19N3O2. The minimum Gasteiger partial charge on any atom is -0.454 e. The third-order valence-corrected chi connectivity index (χ3v) is 5.47. The number of hydrogen-bond donors (Lipinski definition) is 1. The van der Waals surface area contributed by atoms with Crippen molar-refractivity contribution in [3.63, 3.8) is 0 Å². The molecule has 1 N–H and O–H groups in total. The van der Waals surface area contributed by atoms with Crippen LogP contribution in [0.5, 0.6) is 0 Å². The lowest BCUT2D eigenvalue weighted by Crippen LogP contribution is -2.57. The van der Waals surface area contributed by atoms with Crippen molar-refractivity contribution in [1.29, 1.82) is 0 Å². The summed E-state index contributed by atoms with van der Waals surface area (Å²) in [6, 6.07) is 9.96. The van der Waals surface area contributed by atoms with E-state index in [0.717, 1.165) is 28.5 Å². The largest absolute Gasteiger partial charge is 0.454 e. The van der Waals surface area contributed by atoms with Crippen molar-refractivity contribution in [2.24, 2.45) is 5.92 Å². The average molecular weight is 321 g/mol. The zero-order valence-corrected chi connectivity index (χ0v) is 13.4. The Labute approximate surface area is 139 Å². The number of furan rings is 1. The second-order valence-electron chi connectivity index (χ2n) is 6.88. The second-order valence-corrected chi connectivity index (χ2v) is 6.88. The predicted octanol–water partition coefficient (Wildman–Crippen LogP) is 2.81. The maximum absolute atomic E-state index is 12.7. The van der Waals surface area contributed by atoms with E-state index in [9.17, 15) is 4.79 Å². The Kier molecular flexibility index (Phi) is 3.10. The van der Waals surface area contributed by atoms with Gasteiger partial charge in [-0.2, -0.15) is 0 Å². The normalized spacial score (nSPS) is 26.1. The first-order valence-electron chi connectivity index (χ1n) is 8.58. The van der Waals surface area contributed by atoms with E-state index in [-0.39, 0.29) is 11.9 Å². The van der Waals surface area contributed by atoms with Gasteiger partial charge in [0, 0.05) is 23.4 Å². The minimum absolute atomic E-state index is 0.0825. The van der Waals surface area contributed by atoms with Crippen molar-refractivity contribution in [2.75, 3.05) is 19.6 Å². The summed E-state index contributed by atoms with van der Waals surface area (Å²) in [7, 11) is 0. The third-order valence-electron chi connectivity index (χ3n) is 5.47. The van der Waals surface area contributed by atoms with E-state index in [1.54, 1.807) is 6.20 Å². The number of fused-ring (bicyclic) bond motifs is 6. The molecule has 122 valence electrons. The highest BCUT2D eigenvalue weighted by Crippen LogP contribution is 2.29. The topological polar surface area (TPSA) is 58.4 Å². The van der Waals surface area contributed by atoms with Gasteiger partial charge in [-0.3, -0.25) is 4.79 Å². The first-order valence-corrected chi connectivity index (χ1v) is 8.58. The number of nitrogens with one attached hydrogen (secondary N) is 1. The van der Waals surface area contributed by atoms with Crippen LogP contribution >= 0.6 is 0 Å². The lowest BCUT2D eigenvalue weighted by atomic mass is 9.84. The highest BCUT2D eigenvalue weighted by atomic mass is 16.3. The van der Waals surface area contributed by atoms with Crippen LogP contribution in [0.4, 0.5) is 0 Å². The molecule has 5 nitrogen and oxygen atoms in total. The standard InChI is InChI=1S/C19H19N3O2/c23-19(21-16-11-22-7-5-12(16)6-8-22)15-9-14-13-3-1-2-4-17(13)24-18(14)10-20-15/h1-4,9-10,12,16H,5-8,11H2,(H,21,23)/t16-/m0/s1. The lowest BCUT2D eigenvalue weighted by molar-refractivity contribution is 0.0618. The fourth-order valence-corrected chi connectivity index (χ4v) is 4.13. The van der Waals surface area contributed by atoms with Crippen molar-refractivity contribution < 1.29 is 9.21 Å². The summed E-state index contributed by atoms with van der Waals surface area (Å²) in [5.74, 6) is 0.526. The maximum Gasteiger partial charge on any atom is 0.270 e. The molecule has 0 radical (unpaired) electrons. The van der Waals surface area contributed by atoms with Gasteiger partial charge in [-0.25, -0.2) is 4.98 Å². The first-order chi connectivity index (χ1) is 11.8. The highest BCUT2D eigenvalue weighted by Gasteiger charge is 2.35. The SMILES string of the molecule is O=C(N[C@H]1CN2CCC1CC2)c1cc2c(cn1)oc1ccccc12. The number of carbonyl (C=O) groups is 1. The second kappa shape index (κ2) is 5.31. The Morgan fingerprint density at radius 3 is 2.79 bits per heavy atom. The minimum atomic E-state index is -0.0825. The highest BCUT2D eigenvalue weighted by molar-refractivity contribution is 6.07. The van der Waals surface area contributed by atoms with Crippen LogP contribution in [-0.4, -0.2) is 41.5 Å². The summed E-state index contributed by atoms with van der Waals surface area (Å²) < 4.78 is 5.78. The van der Waals surface area contributed by atoms with Crippen molar-refractivity contribution in [3.05, 3.63) is 42.2 Å². The molecule has 2 bridgehead atoms. The smallest absolute Gasteiger partial charge is 0.270 e. The van der Waals surface area contributed by atoms with E-state index >= 15 is 0 Å². The Morgan fingerprint density at radius 2 is 2.00 bits per heavy atom. The zero-order chi connectivity index (χ0) is 16.1. The van der Waals surface area contributed by atoms with Gasteiger partial charge < -0.3 is 14.6 Å². The maximum atomic E-state index is 12.7. The van der Waals surface area contributed by atoms with Crippen molar-refractivity contribution in [2.45, 2.75) is 18.9 Å². The van der Waals surface area contributed by atoms with Crippen LogP contribution in [0, 0.1) is 5.92 Å². The molecule has 0 spiro atoms. The van der Waals surface area contributed by atoms with Crippen LogP contribution in [0.1, 0.15) is 23.3 Å². The Bertz CT molecular complexity index is 925. The Morgan fingerprint density at radius 1 is 1.17 bits per heavy atom. The van der Waals surface area contributed by atoms with Crippen LogP contribution in [0.3, 0.4) is 0 Å². The van der Waals surface area contributed by atoms with Gasteiger partial charge >= 0.3 is 0 Å². The van der Waals surface area contributed by atoms with Gasteiger partial charge in [-0.05, 0) is 44.0 Å². The molecule has 3 aliphatic heterocycles. The van der Waals surface area contributed by atoms with Crippen LogP contribution in [0.2, 0.25) is 0 Å². The molecule has 0 aliphatic carbocycles. The van der Waals surface area contributed by atoms with E-state index in [0.29, 0.717) is 11.6 Å². The predicted molar refractivity (Wildman–Crippen MR) is 91.9 cm³/mol. The van der Waals surface area contributed by atoms with E-state index in [1.807, 2.05) is 30.3 Å². The molecule has 5 heteroatoms. The molecule has 3 aromatic rings. The number of carbonyl (C=O) groups excluding carboxylic acids is 1. The third kappa shape index (κ3) is 2.19. The fourth-order valence-electron chi connectivity index (χ4n) is 4.13. The molecule has 3 aliphatic rings. The molecule has 1 amide bonds. The van der Waals surface area contributed by atoms with Crippen molar-refractivity contribution in [1.82, 2.24) is 15.2 Å². The number of para-hydroxylation sites is 1.